The van der Waals surface area contributed by atoms with Crippen LogP contribution in [-0.4, -0.2) is 24.2 Å². The van der Waals surface area contributed by atoms with Gasteiger partial charge in [-0.3, -0.25) is 4.98 Å². The minimum Gasteiger partial charge on any atom is -0.491 e. The summed E-state index contributed by atoms with van der Waals surface area (Å²) in [6.45, 7) is 3.75. The van der Waals surface area contributed by atoms with Crippen molar-refractivity contribution in [3.8, 4) is 5.75 Å². The number of ether oxygens (including phenoxy) is 1. The third kappa shape index (κ3) is 3.65. The van der Waals surface area contributed by atoms with Crippen molar-refractivity contribution in [2.45, 2.75) is 25.8 Å². The van der Waals surface area contributed by atoms with Crippen molar-refractivity contribution in [2.24, 2.45) is 5.92 Å². The molecule has 0 amide bonds. The van der Waals surface area contributed by atoms with Gasteiger partial charge in [-0.15, -0.1) is 0 Å². The van der Waals surface area contributed by atoms with E-state index in [0.717, 1.165) is 18.2 Å². The Bertz CT molecular complexity index is 342. The van der Waals surface area contributed by atoms with E-state index < -0.39 is 0 Å². The van der Waals surface area contributed by atoms with Crippen LogP contribution in [0.25, 0.3) is 0 Å². The fourth-order valence-corrected chi connectivity index (χ4v) is 1.85. The van der Waals surface area contributed by atoms with E-state index in [-0.39, 0.29) is 0 Å². The van der Waals surface area contributed by atoms with E-state index in [1.807, 2.05) is 0 Å². The van der Waals surface area contributed by atoms with E-state index >= 15 is 0 Å². The van der Waals surface area contributed by atoms with E-state index in [9.17, 15) is 0 Å². The molecule has 1 unspecified atom stereocenters. The number of hydrogen-bond donors (Lipinski definition) is 1. The third-order valence-corrected chi connectivity index (χ3v) is 3.05. The van der Waals surface area contributed by atoms with E-state index in [1.165, 1.54) is 12.8 Å². The lowest BCUT2D eigenvalue weighted by atomic mass is 10.2. The normalized spacial score (nSPS) is 17.1. The second-order valence-electron chi connectivity index (χ2n) is 4.27. The standard InChI is InChI=1S/C12H17ClN2O/c1-9(10-2-3-10)15-4-5-16-12-6-11(13)7-14-8-12/h6-10,15H,2-5H2,1H3. The van der Waals surface area contributed by atoms with Gasteiger partial charge in [-0.25, -0.2) is 0 Å². The molecule has 1 heterocycles. The fourth-order valence-electron chi connectivity index (χ4n) is 1.69. The molecule has 1 atom stereocenters. The number of pyridine rings is 1. The lowest BCUT2D eigenvalue weighted by Gasteiger charge is -2.12. The lowest BCUT2D eigenvalue weighted by molar-refractivity contribution is 0.302. The molecule has 1 fully saturated rings. The van der Waals surface area contributed by atoms with Gasteiger partial charge in [-0.1, -0.05) is 11.6 Å². The molecule has 1 saturated carbocycles. The predicted octanol–water partition coefficient (Wildman–Crippen LogP) is 2.50. The van der Waals surface area contributed by atoms with E-state index in [1.54, 1.807) is 18.5 Å². The number of nitrogens with one attached hydrogen (secondary N) is 1. The molecule has 1 N–H and O–H groups in total. The average Bonchev–Trinajstić information content (AvgIpc) is 3.08. The van der Waals surface area contributed by atoms with Crippen molar-refractivity contribution in [2.75, 3.05) is 13.2 Å². The SMILES string of the molecule is CC(NCCOc1cncc(Cl)c1)C1CC1. The first-order valence-corrected chi connectivity index (χ1v) is 6.10. The Morgan fingerprint density at radius 3 is 3.06 bits per heavy atom. The first kappa shape index (κ1) is 11.7. The lowest BCUT2D eigenvalue weighted by Crippen LogP contribution is -2.31. The van der Waals surface area contributed by atoms with Crippen LogP contribution >= 0.6 is 11.6 Å². The van der Waals surface area contributed by atoms with Gasteiger partial charge in [0.15, 0.2) is 0 Å². The van der Waals surface area contributed by atoms with Gasteiger partial charge in [0, 0.05) is 24.8 Å². The highest BCUT2D eigenvalue weighted by molar-refractivity contribution is 6.30. The summed E-state index contributed by atoms with van der Waals surface area (Å²) in [5.41, 5.74) is 0. The Labute approximate surface area is 101 Å². The van der Waals surface area contributed by atoms with E-state index in [2.05, 4.69) is 17.2 Å². The summed E-state index contributed by atoms with van der Waals surface area (Å²) in [4.78, 5) is 3.96. The van der Waals surface area contributed by atoms with Crippen LogP contribution < -0.4 is 10.1 Å². The summed E-state index contributed by atoms with van der Waals surface area (Å²) >= 11 is 5.80. The first-order valence-electron chi connectivity index (χ1n) is 5.72. The van der Waals surface area contributed by atoms with Gasteiger partial charge in [-0.05, 0) is 25.7 Å². The van der Waals surface area contributed by atoms with E-state index in [4.69, 9.17) is 16.3 Å². The maximum absolute atomic E-state index is 5.80. The molecule has 1 aromatic rings. The van der Waals surface area contributed by atoms with Crippen molar-refractivity contribution in [3.05, 3.63) is 23.5 Å². The van der Waals surface area contributed by atoms with Crippen molar-refractivity contribution < 1.29 is 4.74 Å². The predicted molar refractivity (Wildman–Crippen MR) is 64.9 cm³/mol. The van der Waals surface area contributed by atoms with Gasteiger partial charge in [0.1, 0.15) is 12.4 Å². The molecule has 3 nitrogen and oxygen atoms in total. The molecule has 0 bridgehead atoms. The summed E-state index contributed by atoms with van der Waals surface area (Å²) in [5.74, 6) is 1.61. The number of aromatic nitrogens is 1. The van der Waals surface area contributed by atoms with Crippen LogP contribution in [0.15, 0.2) is 18.5 Å². The molecule has 0 radical (unpaired) electrons. The number of halogens is 1. The smallest absolute Gasteiger partial charge is 0.139 e. The topological polar surface area (TPSA) is 34.1 Å². The molecule has 0 aromatic carbocycles. The van der Waals surface area contributed by atoms with Crippen LogP contribution in [0.2, 0.25) is 5.02 Å². The average molecular weight is 241 g/mol. The van der Waals surface area contributed by atoms with Crippen LogP contribution in [-0.2, 0) is 0 Å². The minimum atomic E-state index is 0.608. The number of nitrogens with zero attached hydrogens (tertiary/aromatic N) is 1. The van der Waals surface area contributed by atoms with Gasteiger partial charge < -0.3 is 10.1 Å². The zero-order valence-corrected chi connectivity index (χ0v) is 10.2. The Hall–Kier alpha value is -0.800. The second-order valence-corrected chi connectivity index (χ2v) is 4.70. The molecule has 0 spiro atoms. The third-order valence-electron chi connectivity index (χ3n) is 2.85. The van der Waals surface area contributed by atoms with Crippen LogP contribution in [0.3, 0.4) is 0 Å². The largest absolute Gasteiger partial charge is 0.491 e. The zero-order valence-electron chi connectivity index (χ0n) is 9.45. The Balaban J connectivity index is 1.63. The Kier molecular flexibility index (Phi) is 4.02. The maximum atomic E-state index is 5.80. The molecular weight excluding hydrogens is 224 g/mol. The highest BCUT2D eigenvalue weighted by Gasteiger charge is 2.27. The van der Waals surface area contributed by atoms with Gasteiger partial charge in [0.05, 0.1) is 11.2 Å². The van der Waals surface area contributed by atoms with Gasteiger partial charge in [0.25, 0.3) is 0 Å². The van der Waals surface area contributed by atoms with Crippen molar-refractivity contribution in [3.63, 3.8) is 0 Å². The second kappa shape index (κ2) is 5.51. The number of rotatable bonds is 6. The Morgan fingerprint density at radius 2 is 2.38 bits per heavy atom. The fraction of sp³-hybridized carbons (Fsp3) is 0.583. The van der Waals surface area contributed by atoms with Crippen LogP contribution in [0.5, 0.6) is 5.75 Å². The molecule has 1 aliphatic carbocycles. The van der Waals surface area contributed by atoms with Crippen LogP contribution in [0, 0.1) is 5.92 Å². The van der Waals surface area contributed by atoms with Crippen molar-refractivity contribution in [1.29, 1.82) is 0 Å². The minimum absolute atomic E-state index is 0.608. The summed E-state index contributed by atoms with van der Waals surface area (Å²) in [6, 6.07) is 2.39. The molecule has 0 saturated heterocycles. The molecule has 0 aliphatic heterocycles. The quantitative estimate of drug-likeness (QED) is 0.776. The molecule has 4 heteroatoms. The molecule has 1 aromatic heterocycles. The van der Waals surface area contributed by atoms with Crippen molar-refractivity contribution in [1.82, 2.24) is 10.3 Å². The van der Waals surface area contributed by atoms with Crippen LogP contribution in [0.1, 0.15) is 19.8 Å². The van der Waals surface area contributed by atoms with E-state index in [0.29, 0.717) is 17.7 Å². The van der Waals surface area contributed by atoms with Gasteiger partial charge in [0.2, 0.25) is 0 Å². The van der Waals surface area contributed by atoms with Crippen molar-refractivity contribution >= 4 is 11.6 Å². The monoisotopic (exact) mass is 240 g/mol. The summed E-state index contributed by atoms with van der Waals surface area (Å²) in [6.07, 6.45) is 6.01. The zero-order chi connectivity index (χ0) is 11.4. The van der Waals surface area contributed by atoms with Crippen LogP contribution in [0.4, 0.5) is 0 Å². The molecular formula is C12H17ClN2O. The van der Waals surface area contributed by atoms with Gasteiger partial charge in [-0.2, -0.15) is 0 Å². The summed E-state index contributed by atoms with van der Waals surface area (Å²) in [7, 11) is 0. The molecule has 2 rings (SSSR count). The summed E-state index contributed by atoms with van der Waals surface area (Å²) < 4.78 is 5.53. The van der Waals surface area contributed by atoms with Gasteiger partial charge >= 0.3 is 0 Å². The molecule has 16 heavy (non-hydrogen) atoms. The molecule has 88 valence electrons. The summed E-state index contributed by atoms with van der Waals surface area (Å²) in [5, 5.41) is 4.06. The highest BCUT2D eigenvalue weighted by atomic mass is 35.5. The number of hydrogen-bond acceptors (Lipinski definition) is 3. The highest BCUT2D eigenvalue weighted by Crippen LogP contribution is 2.32. The first-order chi connectivity index (χ1) is 7.75. The molecule has 1 aliphatic rings. The Morgan fingerprint density at radius 1 is 1.56 bits per heavy atom. The maximum Gasteiger partial charge on any atom is 0.139 e.